The van der Waals surface area contributed by atoms with Gasteiger partial charge in [0.05, 0.1) is 36.6 Å². The number of piperidine rings is 1. The average molecular weight is 916 g/mol. The normalized spacial score (nSPS) is 41.7. The zero-order valence-electron chi connectivity index (χ0n) is 40.7. The van der Waals surface area contributed by atoms with Crippen molar-refractivity contribution in [2.24, 2.45) is 35.5 Å². The Kier molecular flexibility index (Phi) is 21.4. The Morgan fingerprint density at radius 3 is 2.25 bits per heavy atom. The van der Waals surface area contributed by atoms with Crippen LogP contribution in [0, 0.1) is 35.5 Å². The van der Waals surface area contributed by atoms with Crippen LogP contribution in [0.4, 0.5) is 0 Å². The second-order valence-corrected chi connectivity index (χ2v) is 19.7. The Hall–Kier alpha value is -2.92. The lowest BCUT2D eigenvalue weighted by atomic mass is 9.78. The molecule has 3 aliphatic heterocycles. The molecule has 2 bridgehead atoms. The Morgan fingerprint density at radius 2 is 1.57 bits per heavy atom. The van der Waals surface area contributed by atoms with E-state index in [1.807, 2.05) is 58.1 Å². The molecule has 65 heavy (non-hydrogen) atoms. The number of methoxy groups -OCH3 is 3. The first-order valence-electron chi connectivity index (χ1n) is 24.1. The fourth-order valence-corrected chi connectivity index (χ4v) is 10.3. The highest BCUT2D eigenvalue weighted by Crippen LogP contribution is 2.38. The molecule has 368 valence electrons. The van der Waals surface area contributed by atoms with Crippen LogP contribution in [0.3, 0.4) is 0 Å². The van der Waals surface area contributed by atoms with E-state index in [4.69, 9.17) is 23.7 Å². The molecule has 14 nitrogen and oxygen atoms in total. The van der Waals surface area contributed by atoms with Crippen molar-refractivity contribution in [3.8, 4) is 0 Å². The number of Topliss-reactive ketones (excluding diaryl/α,β-unsaturated/α-hetero) is 3. The number of carbonyl (C=O) groups is 4. The second kappa shape index (κ2) is 25.4. The van der Waals surface area contributed by atoms with Gasteiger partial charge in [0.1, 0.15) is 18.0 Å². The van der Waals surface area contributed by atoms with Gasteiger partial charge < -0.3 is 49.0 Å². The fraction of sp³-hybridized carbons (Fsp3) is 0.765. The van der Waals surface area contributed by atoms with E-state index >= 15 is 0 Å². The summed E-state index contributed by atoms with van der Waals surface area (Å²) in [6, 6.07) is -0.945. The zero-order valence-corrected chi connectivity index (χ0v) is 40.7. The maximum atomic E-state index is 14.3. The molecule has 1 unspecified atom stereocenters. The van der Waals surface area contributed by atoms with Crippen molar-refractivity contribution in [1.82, 2.24) is 4.90 Å². The van der Waals surface area contributed by atoms with Gasteiger partial charge in [-0.25, -0.2) is 0 Å². The highest BCUT2D eigenvalue weighted by molar-refractivity contribution is 6.38. The van der Waals surface area contributed by atoms with E-state index in [1.54, 1.807) is 41.1 Å². The number of hydrogen-bond acceptors (Lipinski definition) is 13. The largest absolute Gasteiger partial charge is 0.390 e. The number of hydrogen-bond donors (Lipinski definition) is 4. The van der Waals surface area contributed by atoms with Crippen molar-refractivity contribution in [3.05, 3.63) is 47.6 Å². The predicted octanol–water partition coefficient (Wildman–Crippen LogP) is 5.97. The number of allylic oxidation sites excluding steroid dienone is 6. The van der Waals surface area contributed by atoms with Crippen LogP contribution in [0.2, 0.25) is 0 Å². The van der Waals surface area contributed by atoms with Crippen LogP contribution >= 0.6 is 0 Å². The molecule has 0 aromatic carbocycles. The monoisotopic (exact) mass is 916 g/mol. The molecule has 0 aromatic rings. The molecule has 2 saturated heterocycles. The molecule has 0 aromatic heterocycles. The molecule has 3 fully saturated rings. The van der Waals surface area contributed by atoms with E-state index in [0.29, 0.717) is 69.8 Å². The van der Waals surface area contributed by atoms with Gasteiger partial charge in [-0.3, -0.25) is 19.2 Å². The standard InChI is InChI=1S/C51H81NO13/c1-30-16-12-11-13-17-31(2)42(61-8)28-38-21-19-36(7)51(60,65-38)48(57)49(58)52-23-15-14-18-39(52)50(59)64-43(33(4)26-37-20-22-40(53)44(27-37)62-9)29-41(54)32(3)25-35(6)46(56)47(63-10)45(55)34(5)24-30/h11-13,16-17,25,30,32-34,36-40,42-44,46-47,50,53,56,59-60H,14-15,18-24,26-29H2,1-10H3/b13-11+,16-12+,31-17+,35-25+/t30-,32-,33-,34-,36-,37+,38+,39+,40+,42+,43+,44-,46-,47-,50?,51-/m1/s1. The van der Waals surface area contributed by atoms with Crippen LogP contribution in [0.5, 0.6) is 0 Å². The first-order valence-corrected chi connectivity index (χ1v) is 24.1. The number of amides is 1. The lowest BCUT2D eigenvalue weighted by Crippen LogP contribution is -2.61. The number of nitrogens with zero attached hydrogens (tertiary/aromatic N) is 1. The molecule has 1 amide bonds. The maximum absolute atomic E-state index is 14.3. The fourth-order valence-electron chi connectivity index (χ4n) is 10.3. The summed E-state index contributed by atoms with van der Waals surface area (Å²) in [5.41, 5.74) is 1.29. The number of rotatable bonds is 6. The van der Waals surface area contributed by atoms with Crippen LogP contribution in [0.25, 0.3) is 0 Å². The first-order chi connectivity index (χ1) is 30.7. The highest BCUT2D eigenvalue weighted by Gasteiger charge is 2.53. The topological polar surface area (TPSA) is 199 Å². The van der Waals surface area contributed by atoms with E-state index < -0.39 is 84.2 Å². The maximum Gasteiger partial charge on any atom is 0.296 e. The lowest BCUT2D eigenvalue weighted by molar-refractivity contribution is -0.266. The van der Waals surface area contributed by atoms with Crippen LogP contribution in [-0.4, -0.2) is 137 Å². The molecule has 4 rings (SSSR count). The third-order valence-electron chi connectivity index (χ3n) is 14.6. The van der Waals surface area contributed by atoms with Crippen molar-refractivity contribution < 1.29 is 63.3 Å². The lowest BCUT2D eigenvalue weighted by Gasteiger charge is -2.44. The molecular formula is C51H81NO13. The van der Waals surface area contributed by atoms with Gasteiger partial charge in [-0.05, 0) is 107 Å². The van der Waals surface area contributed by atoms with E-state index in [-0.39, 0.29) is 48.4 Å². The molecule has 16 atom stereocenters. The third-order valence-corrected chi connectivity index (χ3v) is 14.6. The molecule has 4 N–H and O–H groups in total. The van der Waals surface area contributed by atoms with Gasteiger partial charge >= 0.3 is 0 Å². The number of aliphatic hydroxyl groups is 4. The van der Waals surface area contributed by atoms with Crippen LogP contribution in [0.15, 0.2) is 47.6 Å². The Morgan fingerprint density at radius 1 is 0.846 bits per heavy atom. The minimum absolute atomic E-state index is 0.0255. The van der Waals surface area contributed by atoms with Gasteiger partial charge in [0.15, 0.2) is 12.1 Å². The average Bonchev–Trinajstić information content (AvgIpc) is 3.28. The summed E-state index contributed by atoms with van der Waals surface area (Å²) in [6.07, 6.45) is 10.3. The first kappa shape index (κ1) is 54.7. The molecule has 4 aliphatic rings. The van der Waals surface area contributed by atoms with E-state index in [2.05, 4.69) is 0 Å². The smallest absolute Gasteiger partial charge is 0.296 e. The molecule has 1 aliphatic carbocycles. The second-order valence-electron chi connectivity index (χ2n) is 19.7. The molecular weight excluding hydrogens is 835 g/mol. The number of fused-ring (bicyclic) bond motifs is 3. The number of ether oxygens (including phenoxy) is 5. The minimum Gasteiger partial charge on any atom is -0.390 e. The van der Waals surface area contributed by atoms with E-state index in [1.165, 1.54) is 12.0 Å². The van der Waals surface area contributed by atoms with Gasteiger partial charge in [0, 0.05) is 58.5 Å². The molecule has 3 heterocycles. The summed E-state index contributed by atoms with van der Waals surface area (Å²) in [5.74, 6) is -6.87. The third kappa shape index (κ3) is 14.5. The highest BCUT2D eigenvalue weighted by atomic mass is 16.6. The predicted molar refractivity (Wildman–Crippen MR) is 246 cm³/mol. The summed E-state index contributed by atoms with van der Waals surface area (Å²) in [4.78, 5) is 57.6. The van der Waals surface area contributed by atoms with Gasteiger partial charge in [0.25, 0.3) is 11.7 Å². The van der Waals surface area contributed by atoms with Crippen LogP contribution < -0.4 is 0 Å². The summed E-state index contributed by atoms with van der Waals surface area (Å²) in [6.45, 7) is 12.9. The number of ketones is 3. The minimum atomic E-state index is -2.40. The molecule has 14 heteroatoms. The van der Waals surface area contributed by atoms with Gasteiger partial charge in [-0.1, -0.05) is 71.1 Å². The molecule has 0 radical (unpaired) electrons. The summed E-state index contributed by atoms with van der Waals surface area (Å²) in [5, 5.41) is 45.8. The number of carbonyl (C=O) groups excluding carboxylic acids is 4. The van der Waals surface area contributed by atoms with Crippen molar-refractivity contribution >= 4 is 23.3 Å². The number of aliphatic hydroxyl groups excluding tert-OH is 3. The molecule has 0 spiro atoms. The van der Waals surface area contributed by atoms with Crippen LogP contribution in [-0.2, 0) is 42.9 Å². The zero-order chi connectivity index (χ0) is 48.2. The van der Waals surface area contributed by atoms with Gasteiger partial charge in [-0.2, -0.15) is 0 Å². The Balaban J connectivity index is 1.70. The van der Waals surface area contributed by atoms with Crippen molar-refractivity contribution in [3.63, 3.8) is 0 Å². The van der Waals surface area contributed by atoms with Gasteiger partial charge in [-0.15, -0.1) is 0 Å². The molecule has 1 saturated carbocycles. The van der Waals surface area contributed by atoms with Crippen molar-refractivity contribution in [2.45, 2.75) is 186 Å². The van der Waals surface area contributed by atoms with Gasteiger partial charge in [0.2, 0.25) is 5.79 Å². The van der Waals surface area contributed by atoms with Crippen molar-refractivity contribution in [1.29, 1.82) is 0 Å². The SMILES string of the molecule is CO[C@H]1C[C@@H]2CC[C@@H](C)[C@@](O)(O2)C(=O)C(=O)N2CCCC[C@H]2C(O)O[C@H]([C@H](C)C[C@@H]2CC[C@H](O)[C@H](OC)C2)CC(=O)[C@H](C)/C=C(\C)[C@@H](O)[C@H](OC)C(=O)[C@H](C)C[C@H](C)/C=C/C=C/C=C/1C. The van der Waals surface area contributed by atoms with E-state index in [0.717, 1.165) is 12.0 Å². The van der Waals surface area contributed by atoms with Crippen LogP contribution in [0.1, 0.15) is 126 Å². The Labute approximate surface area is 387 Å². The quantitative estimate of drug-likeness (QED) is 0.180. The summed E-state index contributed by atoms with van der Waals surface area (Å²) in [7, 11) is 4.55. The summed E-state index contributed by atoms with van der Waals surface area (Å²) < 4.78 is 29.6. The summed E-state index contributed by atoms with van der Waals surface area (Å²) >= 11 is 0. The Bertz CT molecular complexity index is 1710. The van der Waals surface area contributed by atoms with E-state index in [9.17, 15) is 39.6 Å². The van der Waals surface area contributed by atoms with Crippen molar-refractivity contribution in [2.75, 3.05) is 27.9 Å².